The summed E-state index contributed by atoms with van der Waals surface area (Å²) in [5, 5.41) is 2.61. The Morgan fingerprint density at radius 3 is 2.52 bits per heavy atom. The highest BCUT2D eigenvalue weighted by Crippen LogP contribution is 2.29. The molecule has 3 rings (SSSR count). The van der Waals surface area contributed by atoms with Crippen molar-refractivity contribution in [2.75, 3.05) is 20.3 Å². The summed E-state index contributed by atoms with van der Waals surface area (Å²) in [5.41, 5.74) is 2.76. The molecular weight excluding hydrogens is 400 g/mol. The molecule has 8 heteroatoms. The van der Waals surface area contributed by atoms with E-state index in [1.807, 2.05) is 31.2 Å². The number of benzene rings is 2. The number of carbonyl (C=O) groups is 3. The molecule has 1 N–H and O–H groups in total. The first-order chi connectivity index (χ1) is 14.9. The van der Waals surface area contributed by atoms with E-state index in [1.54, 1.807) is 31.2 Å². The first kappa shape index (κ1) is 21.9. The predicted molar refractivity (Wildman–Crippen MR) is 113 cm³/mol. The third-order valence-corrected chi connectivity index (χ3v) is 4.57. The molecule has 0 saturated carbocycles. The molecule has 1 aliphatic heterocycles. The average molecular weight is 424 g/mol. The summed E-state index contributed by atoms with van der Waals surface area (Å²) in [6.07, 6.45) is 1.56. The number of nitrogens with one attached hydrogen (secondary N) is 1. The van der Waals surface area contributed by atoms with Crippen molar-refractivity contribution in [3.63, 3.8) is 0 Å². The average Bonchev–Trinajstić information content (AvgIpc) is 3.01. The fraction of sp³-hybridized carbons (Fsp3) is 0.261. The quantitative estimate of drug-likeness (QED) is 0.398. The normalized spacial score (nSPS) is 14.5. The topological polar surface area (TPSA) is 94.2 Å². The minimum absolute atomic E-state index is 0.166. The van der Waals surface area contributed by atoms with Crippen LogP contribution in [0.2, 0.25) is 0 Å². The number of aryl methyl sites for hydroxylation is 1. The Labute approximate surface area is 180 Å². The molecule has 1 aliphatic rings. The molecule has 0 unspecified atom stereocenters. The lowest BCUT2D eigenvalue weighted by molar-refractivity contribution is -0.145. The molecule has 0 atom stereocenters. The number of methoxy groups -OCH3 is 1. The van der Waals surface area contributed by atoms with Gasteiger partial charge in [-0.05, 0) is 43.2 Å². The SMILES string of the molecule is CCOC(=O)COc1ccc(/C=C2/NC(=O)N(Cc3ccc(C)cc3)C2=O)cc1OC. The molecule has 2 aromatic carbocycles. The van der Waals surface area contributed by atoms with Crippen LogP contribution in [-0.2, 0) is 20.9 Å². The lowest BCUT2D eigenvalue weighted by Crippen LogP contribution is -2.30. The van der Waals surface area contributed by atoms with E-state index >= 15 is 0 Å². The number of imide groups is 1. The molecule has 1 heterocycles. The Balaban J connectivity index is 1.73. The van der Waals surface area contributed by atoms with Gasteiger partial charge in [0.1, 0.15) is 5.70 Å². The summed E-state index contributed by atoms with van der Waals surface area (Å²) in [6, 6.07) is 12.1. The van der Waals surface area contributed by atoms with E-state index in [0.717, 1.165) is 16.0 Å². The molecule has 0 radical (unpaired) electrons. The standard InChI is InChI=1S/C23H24N2O6/c1-4-30-21(26)14-31-19-10-9-17(12-20(19)29-3)11-18-22(27)25(23(28)24-18)13-16-7-5-15(2)6-8-16/h5-12H,4,13-14H2,1-3H3,(H,24,28)/b18-11+. The van der Waals surface area contributed by atoms with E-state index in [4.69, 9.17) is 14.2 Å². The fourth-order valence-corrected chi connectivity index (χ4v) is 2.99. The van der Waals surface area contributed by atoms with Crippen LogP contribution in [0.15, 0.2) is 48.2 Å². The van der Waals surface area contributed by atoms with E-state index in [0.29, 0.717) is 17.1 Å². The number of nitrogens with zero attached hydrogens (tertiary/aromatic N) is 1. The van der Waals surface area contributed by atoms with Crippen LogP contribution >= 0.6 is 0 Å². The molecule has 3 amide bonds. The summed E-state index contributed by atoms with van der Waals surface area (Å²) >= 11 is 0. The molecule has 31 heavy (non-hydrogen) atoms. The Bertz CT molecular complexity index is 1010. The Kier molecular flexibility index (Phi) is 6.92. The second-order valence-electron chi connectivity index (χ2n) is 6.87. The van der Waals surface area contributed by atoms with Crippen molar-refractivity contribution in [3.05, 3.63) is 64.9 Å². The minimum Gasteiger partial charge on any atom is -0.493 e. The molecule has 0 aliphatic carbocycles. The Morgan fingerprint density at radius 2 is 1.84 bits per heavy atom. The van der Waals surface area contributed by atoms with Gasteiger partial charge in [0.05, 0.1) is 20.3 Å². The van der Waals surface area contributed by atoms with Gasteiger partial charge < -0.3 is 19.5 Å². The maximum Gasteiger partial charge on any atom is 0.344 e. The van der Waals surface area contributed by atoms with Crippen molar-refractivity contribution in [2.24, 2.45) is 0 Å². The summed E-state index contributed by atoms with van der Waals surface area (Å²) in [6.45, 7) is 3.90. The van der Waals surface area contributed by atoms with E-state index in [2.05, 4.69) is 5.32 Å². The van der Waals surface area contributed by atoms with Gasteiger partial charge in [0.2, 0.25) is 0 Å². The number of hydrogen-bond donors (Lipinski definition) is 1. The van der Waals surface area contributed by atoms with Gasteiger partial charge in [-0.25, -0.2) is 9.59 Å². The van der Waals surface area contributed by atoms with Crippen molar-refractivity contribution in [1.29, 1.82) is 0 Å². The third-order valence-electron chi connectivity index (χ3n) is 4.57. The zero-order chi connectivity index (χ0) is 22.4. The highest BCUT2D eigenvalue weighted by molar-refractivity contribution is 6.13. The number of esters is 1. The van der Waals surface area contributed by atoms with Gasteiger partial charge in [0.15, 0.2) is 18.1 Å². The zero-order valence-electron chi connectivity index (χ0n) is 17.6. The van der Waals surface area contributed by atoms with Gasteiger partial charge in [-0.15, -0.1) is 0 Å². The summed E-state index contributed by atoms with van der Waals surface area (Å²) in [5.74, 6) is -0.150. The van der Waals surface area contributed by atoms with Crippen LogP contribution in [0.4, 0.5) is 4.79 Å². The first-order valence-corrected chi connectivity index (χ1v) is 9.77. The van der Waals surface area contributed by atoms with E-state index in [1.165, 1.54) is 7.11 Å². The third kappa shape index (κ3) is 5.42. The van der Waals surface area contributed by atoms with Crippen LogP contribution in [0.1, 0.15) is 23.6 Å². The zero-order valence-corrected chi connectivity index (χ0v) is 17.6. The number of ether oxygens (including phenoxy) is 3. The molecule has 162 valence electrons. The van der Waals surface area contributed by atoms with E-state index < -0.39 is 17.9 Å². The highest BCUT2D eigenvalue weighted by atomic mass is 16.6. The van der Waals surface area contributed by atoms with Crippen LogP contribution in [-0.4, -0.2) is 43.1 Å². The van der Waals surface area contributed by atoms with Crippen molar-refractivity contribution in [3.8, 4) is 11.5 Å². The molecule has 0 spiro atoms. The van der Waals surface area contributed by atoms with E-state index in [-0.39, 0.29) is 25.5 Å². The number of amides is 3. The van der Waals surface area contributed by atoms with Gasteiger partial charge in [-0.1, -0.05) is 35.9 Å². The van der Waals surface area contributed by atoms with Gasteiger partial charge in [-0.2, -0.15) is 0 Å². The van der Waals surface area contributed by atoms with Crippen molar-refractivity contribution in [2.45, 2.75) is 20.4 Å². The summed E-state index contributed by atoms with van der Waals surface area (Å²) < 4.78 is 15.6. The Morgan fingerprint density at radius 1 is 1.10 bits per heavy atom. The van der Waals surface area contributed by atoms with Gasteiger partial charge in [0.25, 0.3) is 5.91 Å². The number of rotatable bonds is 8. The number of hydrogen-bond acceptors (Lipinski definition) is 6. The van der Waals surface area contributed by atoms with Gasteiger partial charge in [-0.3, -0.25) is 9.69 Å². The van der Waals surface area contributed by atoms with Gasteiger partial charge in [0, 0.05) is 0 Å². The molecule has 1 fully saturated rings. The predicted octanol–water partition coefficient (Wildman–Crippen LogP) is 3.04. The summed E-state index contributed by atoms with van der Waals surface area (Å²) in [7, 11) is 1.47. The van der Waals surface area contributed by atoms with Crippen LogP contribution in [0, 0.1) is 6.92 Å². The minimum atomic E-state index is -0.483. The monoisotopic (exact) mass is 424 g/mol. The van der Waals surface area contributed by atoms with E-state index in [9.17, 15) is 14.4 Å². The van der Waals surface area contributed by atoms with Crippen molar-refractivity contribution < 1.29 is 28.6 Å². The molecular formula is C23H24N2O6. The van der Waals surface area contributed by atoms with Crippen LogP contribution < -0.4 is 14.8 Å². The molecule has 1 saturated heterocycles. The van der Waals surface area contributed by atoms with Crippen LogP contribution in [0.5, 0.6) is 11.5 Å². The van der Waals surface area contributed by atoms with Gasteiger partial charge >= 0.3 is 12.0 Å². The maximum absolute atomic E-state index is 12.7. The second kappa shape index (κ2) is 9.80. The number of urea groups is 1. The smallest absolute Gasteiger partial charge is 0.344 e. The van der Waals surface area contributed by atoms with Crippen molar-refractivity contribution in [1.82, 2.24) is 10.2 Å². The Hall–Kier alpha value is -3.81. The van der Waals surface area contributed by atoms with Crippen LogP contribution in [0.25, 0.3) is 6.08 Å². The lowest BCUT2D eigenvalue weighted by Gasteiger charge is -2.12. The molecule has 2 aromatic rings. The highest BCUT2D eigenvalue weighted by Gasteiger charge is 2.33. The molecule has 0 bridgehead atoms. The maximum atomic E-state index is 12.7. The lowest BCUT2D eigenvalue weighted by atomic mass is 10.1. The molecule has 0 aromatic heterocycles. The summed E-state index contributed by atoms with van der Waals surface area (Å²) in [4.78, 5) is 37.7. The van der Waals surface area contributed by atoms with Crippen LogP contribution in [0.3, 0.4) is 0 Å². The first-order valence-electron chi connectivity index (χ1n) is 9.77. The fourth-order valence-electron chi connectivity index (χ4n) is 2.99. The largest absolute Gasteiger partial charge is 0.493 e. The molecule has 8 nitrogen and oxygen atoms in total. The number of carbonyl (C=O) groups excluding carboxylic acids is 3. The van der Waals surface area contributed by atoms with Crippen molar-refractivity contribution >= 4 is 24.0 Å². The second-order valence-corrected chi connectivity index (χ2v) is 6.87.